The maximum Gasteiger partial charge on any atom is 0.168 e. The van der Waals surface area contributed by atoms with Crippen LogP contribution in [0.5, 0.6) is 17.2 Å². The lowest BCUT2D eigenvalue weighted by atomic mass is 9.86. The molecule has 0 saturated heterocycles. The lowest BCUT2D eigenvalue weighted by Crippen LogP contribution is -2.13. The number of rotatable bonds is 6. The molecule has 3 rings (SSSR count). The van der Waals surface area contributed by atoms with Gasteiger partial charge in [0.05, 0.1) is 20.8 Å². The second kappa shape index (κ2) is 18.2. The molecule has 0 saturated carbocycles. The van der Waals surface area contributed by atoms with Gasteiger partial charge in [0.25, 0.3) is 0 Å². The van der Waals surface area contributed by atoms with E-state index in [-0.39, 0.29) is 22.9 Å². The summed E-state index contributed by atoms with van der Waals surface area (Å²) in [6.45, 7) is 18.3. The predicted octanol–water partition coefficient (Wildman–Crippen LogP) is 9.90. The van der Waals surface area contributed by atoms with Gasteiger partial charge in [0, 0.05) is 0 Å². The maximum atomic E-state index is 13.6. The van der Waals surface area contributed by atoms with Crippen LogP contribution in [0.1, 0.15) is 84.9 Å². The van der Waals surface area contributed by atoms with Crippen molar-refractivity contribution < 1.29 is 27.4 Å². The topological polar surface area (TPSA) is 27.7 Å². The summed E-state index contributed by atoms with van der Waals surface area (Å²) < 4.78 is 54.7. The number of hydrogen-bond acceptors (Lipinski definition) is 3. The standard InChI is InChI=1S/2C11H15FO.C9H11FO.C2H6/c1-11(2,3)8-6-5-7-9(13-4)10(8)12;1-4-13-11-6-5-9(8(2)3)7-10(11)12;1-3-7-6-8(11-2)4-5-9(7)10;1-2/h5-7H,1-4H3;5-8H,4H2,1-3H3;4-6H,3H2,1-2H3;1-2H3. The minimum absolute atomic E-state index is 0.159. The molecule has 0 N–H and O–H groups in total. The van der Waals surface area contributed by atoms with Crippen molar-refractivity contribution in [2.24, 2.45) is 0 Å². The van der Waals surface area contributed by atoms with E-state index in [1.807, 2.05) is 74.4 Å². The Labute approximate surface area is 234 Å². The van der Waals surface area contributed by atoms with Gasteiger partial charge < -0.3 is 14.2 Å². The third kappa shape index (κ3) is 12.1. The van der Waals surface area contributed by atoms with Crippen LogP contribution in [0.15, 0.2) is 54.6 Å². The van der Waals surface area contributed by atoms with Crippen LogP contribution in [-0.4, -0.2) is 20.8 Å². The molecule has 0 spiro atoms. The summed E-state index contributed by atoms with van der Waals surface area (Å²) in [6, 6.07) is 15.1. The predicted molar refractivity (Wildman–Crippen MR) is 157 cm³/mol. The van der Waals surface area contributed by atoms with Gasteiger partial charge in [-0.1, -0.05) is 73.6 Å². The number of halogens is 3. The van der Waals surface area contributed by atoms with Gasteiger partial charge in [-0.15, -0.1) is 0 Å². The van der Waals surface area contributed by atoms with E-state index in [0.29, 0.717) is 47.3 Å². The first kappa shape index (κ1) is 35.9. The fourth-order valence-electron chi connectivity index (χ4n) is 3.35. The Balaban J connectivity index is 0.000000540. The number of ether oxygens (including phenoxy) is 3. The lowest BCUT2D eigenvalue weighted by Gasteiger charge is -2.20. The average Bonchev–Trinajstić information content (AvgIpc) is 2.91. The Bertz CT molecular complexity index is 1110. The van der Waals surface area contributed by atoms with E-state index in [4.69, 9.17) is 14.2 Å². The summed E-state index contributed by atoms with van der Waals surface area (Å²) in [5.74, 6) is 1.03. The van der Waals surface area contributed by atoms with Gasteiger partial charge in [-0.25, -0.2) is 13.2 Å². The molecule has 0 aliphatic rings. The molecular formula is C33H47F3O3. The Morgan fingerprint density at radius 3 is 1.87 bits per heavy atom. The second-order valence-electron chi connectivity index (χ2n) is 9.66. The highest BCUT2D eigenvalue weighted by Gasteiger charge is 2.20. The summed E-state index contributed by atoms with van der Waals surface area (Å²) in [4.78, 5) is 0. The molecule has 0 atom stereocenters. The van der Waals surface area contributed by atoms with Crippen molar-refractivity contribution in [3.63, 3.8) is 0 Å². The normalized spacial score (nSPS) is 10.2. The molecule has 3 aromatic rings. The van der Waals surface area contributed by atoms with E-state index in [0.717, 1.165) is 5.56 Å². The second-order valence-corrected chi connectivity index (χ2v) is 9.66. The Morgan fingerprint density at radius 2 is 1.41 bits per heavy atom. The fraction of sp³-hybridized carbons (Fsp3) is 0.455. The van der Waals surface area contributed by atoms with Crippen molar-refractivity contribution in [2.45, 2.75) is 80.1 Å². The van der Waals surface area contributed by atoms with Gasteiger partial charge in [-0.05, 0) is 77.8 Å². The molecule has 0 aliphatic heterocycles. The van der Waals surface area contributed by atoms with Crippen molar-refractivity contribution in [3.05, 3.63) is 88.7 Å². The molecule has 0 bridgehead atoms. The molecule has 39 heavy (non-hydrogen) atoms. The van der Waals surface area contributed by atoms with Gasteiger partial charge in [-0.3, -0.25) is 0 Å². The lowest BCUT2D eigenvalue weighted by molar-refractivity contribution is 0.321. The minimum Gasteiger partial charge on any atom is -0.497 e. The molecule has 218 valence electrons. The summed E-state index contributed by atoms with van der Waals surface area (Å²) in [5, 5.41) is 0. The highest BCUT2D eigenvalue weighted by molar-refractivity contribution is 5.35. The first-order valence-electron chi connectivity index (χ1n) is 13.5. The summed E-state index contributed by atoms with van der Waals surface area (Å²) in [5.41, 5.74) is 2.20. The van der Waals surface area contributed by atoms with Crippen molar-refractivity contribution in [2.75, 3.05) is 20.8 Å². The molecule has 0 aromatic heterocycles. The number of benzene rings is 3. The van der Waals surface area contributed by atoms with E-state index < -0.39 is 0 Å². The Morgan fingerprint density at radius 1 is 0.769 bits per heavy atom. The average molecular weight is 549 g/mol. The van der Waals surface area contributed by atoms with Crippen LogP contribution >= 0.6 is 0 Å². The van der Waals surface area contributed by atoms with Crippen molar-refractivity contribution >= 4 is 0 Å². The maximum absolute atomic E-state index is 13.6. The molecular weight excluding hydrogens is 501 g/mol. The third-order valence-electron chi connectivity index (χ3n) is 5.55. The minimum atomic E-state index is -0.270. The Kier molecular flexibility index (Phi) is 16.7. The first-order chi connectivity index (χ1) is 18.4. The van der Waals surface area contributed by atoms with Gasteiger partial charge in [-0.2, -0.15) is 0 Å². The zero-order valence-corrected chi connectivity index (χ0v) is 25.5. The molecule has 0 radical (unpaired) electrons. The zero-order valence-electron chi connectivity index (χ0n) is 25.5. The van der Waals surface area contributed by atoms with E-state index in [2.05, 4.69) is 0 Å². The van der Waals surface area contributed by atoms with E-state index in [1.165, 1.54) is 19.2 Å². The molecule has 3 nitrogen and oxygen atoms in total. The van der Waals surface area contributed by atoms with Crippen molar-refractivity contribution in [3.8, 4) is 17.2 Å². The molecule has 0 aliphatic carbocycles. The third-order valence-corrected chi connectivity index (χ3v) is 5.55. The Hall–Kier alpha value is -3.15. The van der Waals surface area contributed by atoms with Crippen molar-refractivity contribution in [1.29, 1.82) is 0 Å². The van der Waals surface area contributed by atoms with Gasteiger partial charge in [0.2, 0.25) is 0 Å². The zero-order chi connectivity index (χ0) is 30.2. The monoisotopic (exact) mass is 548 g/mol. The highest BCUT2D eigenvalue weighted by Crippen LogP contribution is 2.29. The fourth-order valence-corrected chi connectivity index (χ4v) is 3.35. The van der Waals surface area contributed by atoms with E-state index in [1.54, 1.807) is 37.4 Å². The number of hydrogen-bond donors (Lipinski definition) is 0. The van der Waals surface area contributed by atoms with Gasteiger partial charge in [0.15, 0.2) is 23.1 Å². The molecule has 3 aromatic carbocycles. The quantitative estimate of drug-likeness (QED) is 0.307. The molecule has 0 heterocycles. The number of aryl methyl sites for hydroxylation is 1. The van der Waals surface area contributed by atoms with Crippen LogP contribution in [0.25, 0.3) is 0 Å². The van der Waals surface area contributed by atoms with Crippen LogP contribution in [0.3, 0.4) is 0 Å². The van der Waals surface area contributed by atoms with Crippen molar-refractivity contribution in [1.82, 2.24) is 0 Å². The first-order valence-corrected chi connectivity index (χ1v) is 13.5. The summed E-state index contributed by atoms with van der Waals surface area (Å²) in [7, 11) is 3.05. The molecule has 6 heteroatoms. The van der Waals surface area contributed by atoms with Crippen LogP contribution in [0.2, 0.25) is 0 Å². The molecule has 0 amide bonds. The molecule has 0 fully saturated rings. The van der Waals surface area contributed by atoms with E-state index >= 15 is 0 Å². The summed E-state index contributed by atoms with van der Waals surface area (Å²) in [6.07, 6.45) is 0.697. The largest absolute Gasteiger partial charge is 0.497 e. The van der Waals surface area contributed by atoms with Crippen LogP contribution in [0, 0.1) is 17.5 Å². The molecule has 0 unspecified atom stereocenters. The van der Waals surface area contributed by atoms with Crippen LogP contribution in [0.4, 0.5) is 13.2 Å². The van der Waals surface area contributed by atoms with Gasteiger partial charge >= 0.3 is 0 Å². The SMILES string of the molecule is CC.CCOc1ccc(C(C)C)cc1F.CCc1cc(OC)ccc1F.COc1cccc(C(C)(C)C)c1F. The van der Waals surface area contributed by atoms with E-state index in [9.17, 15) is 13.2 Å². The number of methoxy groups -OCH3 is 2. The summed E-state index contributed by atoms with van der Waals surface area (Å²) >= 11 is 0. The highest BCUT2D eigenvalue weighted by atomic mass is 19.1. The van der Waals surface area contributed by atoms with Crippen LogP contribution in [-0.2, 0) is 11.8 Å². The van der Waals surface area contributed by atoms with Gasteiger partial charge in [0.1, 0.15) is 11.6 Å². The smallest absolute Gasteiger partial charge is 0.168 e. The van der Waals surface area contributed by atoms with Crippen LogP contribution < -0.4 is 14.2 Å².